The molecule has 1 unspecified atom stereocenters. The Bertz CT molecular complexity index is 417. The molecule has 0 aliphatic heterocycles. The molecule has 0 saturated carbocycles. The van der Waals surface area contributed by atoms with Gasteiger partial charge in [-0.3, -0.25) is 4.98 Å². The highest BCUT2D eigenvalue weighted by molar-refractivity contribution is 5.95. The molecule has 0 saturated heterocycles. The number of nitrogens with zero attached hydrogens (tertiary/aromatic N) is 3. The molecule has 1 aromatic heterocycles. The Kier molecular flexibility index (Phi) is 4.95. The Balaban J connectivity index is 2.89. The molecule has 100 valence electrons. The van der Waals surface area contributed by atoms with Crippen LogP contribution in [0, 0.1) is 5.92 Å². The fourth-order valence-corrected chi connectivity index (χ4v) is 1.92. The van der Waals surface area contributed by atoms with Gasteiger partial charge >= 0.3 is 0 Å². The highest BCUT2D eigenvalue weighted by Crippen LogP contribution is 2.19. The van der Waals surface area contributed by atoms with Crippen LogP contribution in [-0.2, 0) is 0 Å². The average molecular weight is 250 g/mol. The molecule has 0 fully saturated rings. The van der Waals surface area contributed by atoms with Gasteiger partial charge in [-0.1, -0.05) is 19.0 Å². The predicted molar refractivity (Wildman–Crippen MR) is 74.1 cm³/mol. The van der Waals surface area contributed by atoms with Crippen molar-refractivity contribution in [1.82, 2.24) is 4.98 Å². The van der Waals surface area contributed by atoms with Crippen molar-refractivity contribution in [3.05, 3.63) is 24.0 Å². The Hall–Kier alpha value is -1.78. The van der Waals surface area contributed by atoms with E-state index in [0.717, 1.165) is 12.1 Å². The number of aromatic nitrogens is 1. The van der Waals surface area contributed by atoms with Crippen LogP contribution in [0.1, 0.15) is 32.9 Å². The first-order chi connectivity index (χ1) is 8.45. The van der Waals surface area contributed by atoms with Crippen molar-refractivity contribution in [2.45, 2.75) is 33.2 Å². The van der Waals surface area contributed by atoms with Gasteiger partial charge in [-0.2, -0.15) is 0 Å². The molecule has 1 heterocycles. The van der Waals surface area contributed by atoms with Crippen molar-refractivity contribution in [2.24, 2.45) is 16.8 Å². The van der Waals surface area contributed by atoms with Crippen molar-refractivity contribution in [1.29, 1.82) is 0 Å². The van der Waals surface area contributed by atoms with Crippen LogP contribution in [-0.4, -0.2) is 29.1 Å². The van der Waals surface area contributed by atoms with E-state index in [-0.39, 0.29) is 5.84 Å². The fraction of sp³-hybridized carbons (Fsp3) is 0.538. The maximum absolute atomic E-state index is 8.66. The summed E-state index contributed by atoms with van der Waals surface area (Å²) in [4.78, 5) is 6.25. The average Bonchev–Trinajstić information content (AvgIpc) is 2.36. The molecule has 0 aliphatic carbocycles. The Morgan fingerprint density at radius 1 is 1.50 bits per heavy atom. The number of rotatable bonds is 5. The van der Waals surface area contributed by atoms with Crippen LogP contribution in [0.4, 0.5) is 5.69 Å². The maximum atomic E-state index is 8.66. The van der Waals surface area contributed by atoms with E-state index in [1.807, 2.05) is 19.2 Å². The highest BCUT2D eigenvalue weighted by atomic mass is 16.4. The summed E-state index contributed by atoms with van der Waals surface area (Å²) in [5, 5.41) is 11.6. The summed E-state index contributed by atoms with van der Waals surface area (Å²) in [7, 11) is 2.04. The molecular formula is C13H22N4O. The van der Waals surface area contributed by atoms with Crippen molar-refractivity contribution in [2.75, 3.05) is 11.9 Å². The van der Waals surface area contributed by atoms with Crippen LogP contribution in [0.2, 0.25) is 0 Å². The third-order valence-electron chi connectivity index (χ3n) is 2.99. The van der Waals surface area contributed by atoms with Gasteiger partial charge in [0.15, 0.2) is 5.84 Å². The molecule has 0 aliphatic rings. The minimum absolute atomic E-state index is 0.0294. The fourth-order valence-electron chi connectivity index (χ4n) is 1.92. The Morgan fingerprint density at radius 3 is 2.72 bits per heavy atom. The van der Waals surface area contributed by atoms with E-state index < -0.39 is 0 Å². The van der Waals surface area contributed by atoms with Gasteiger partial charge in [0, 0.05) is 25.0 Å². The van der Waals surface area contributed by atoms with Crippen molar-refractivity contribution >= 4 is 11.5 Å². The molecule has 0 bridgehead atoms. The molecule has 1 atom stereocenters. The van der Waals surface area contributed by atoms with Gasteiger partial charge in [0.25, 0.3) is 0 Å². The second kappa shape index (κ2) is 6.23. The molecule has 0 radical (unpaired) electrons. The lowest BCUT2D eigenvalue weighted by Crippen LogP contribution is -2.30. The zero-order valence-electron chi connectivity index (χ0n) is 11.5. The van der Waals surface area contributed by atoms with Crippen molar-refractivity contribution in [3.8, 4) is 0 Å². The standard InChI is InChI=1S/C13H22N4O/c1-9(2)7-10(3)17(4)11-5-6-15-12(8-11)13(14)16-18/h5-6,8-10,18H,7H2,1-4H3,(H2,14,16). The van der Waals surface area contributed by atoms with Gasteiger partial charge in [-0.15, -0.1) is 0 Å². The summed E-state index contributed by atoms with van der Waals surface area (Å²) in [6.07, 6.45) is 2.78. The van der Waals surface area contributed by atoms with Gasteiger partial charge in [0.2, 0.25) is 0 Å². The van der Waals surface area contributed by atoms with Gasteiger partial charge in [0.1, 0.15) is 5.69 Å². The summed E-state index contributed by atoms with van der Waals surface area (Å²) >= 11 is 0. The molecule has 0 aromatic carbocycles. The van der Waals surface area contributed by atoms with E-state index in [1.54, 1.807) is 6.20 Å². The highest BCUT2D eigenvalue weighted by Gasteiger charge is 2.13. The molecule has 18 heavy (non-hydrogen) atoms. The number of hydrogen-bond acceptors (Lipinski definition) is 4. The van der Waals surface area contributed by atoms with E-state index in [2.05, 4.69) is 35.8 Å². The summed E-state index contributed by atoms with van der Waals surface area (Å²) < 4.78 is 0. The van der Waals surface area contributed by atoms with E-state index in [0.29, 0.717) is 17.7 Å². The van der Waals surface area contributed by atoms with Crippen LogP contribution in [0.3, 0.4) is 0 Å². The lowest BCUT2D eigenvalue weighted by molar-refractivity contribution is 0.318. The number of nitrogens with two attached hydrogens (primary N) is 1. The number of amidine groups is 1. The normalized spacial score (nSPS) is 13.7. The molecule has 3 N–H and O–H groups in total. The van der Waals surface area contributed by atoms with Gasteiger partial charge in [-0.25, -0.2) is 0 Å². The molecule has 0 amide bonds. The monoisotopic (exact) mass is 250 g/mol. The third-order valence-corrected chi connectivity index (χ3v) is 2.99. The Labute approximate surface area is 108 Å². The summed E-state index contributed by atoms with van der Waals surface area (Å²) in [5.74, 6) is 0.676. The molecular weight excluding hydrogens is 228 g/mol. The van der Waals surface area contributed by atoms with Crippen LogP contribution < -0.4 is 10.6 Å². The maximum Gasteiger partial charge on any atom is 0.188 e. The first-order valence-electron chi connectivity index (χ1n) is 6.12. The lowest BCUT2D eigenvalue weighted by atomic mass is 10.0. The van der Waals surface area contributed by atoms with E-state index >= 15 is 0 Å². The number of anilines is 1. The molecule has 1 rings (SSSR count). The zero-order chi connectivity index (χ0) is 13.7. The molecule has 5 heteroatoms. The largest absolute Gasteiger partial charge is 0.409 e. The Morgan fingerprint density at radius 2 is 2.17 bits per heavy atom. The molecule has 5 nitrogen and oxygen atoms in total. The quantitative estimate of drug-likeness (QED) is 0.363. The second-order valence-corrected chi connectivity index (χ2v) is 4.97. The predicted octanol–water partition coefficient (Wildman–Crippen LogP) is 2.05. The number of pyridine rings is 1. The van der Waals surface area contributed by atoms with Crippen molar-refractivity contribution < 1.29 is 5.21 Å². The van der Waals surface area contributed by atoms with Crippen LogP contribution in [0.15, 0.2) is 23.5 Å². The summed E-state index contributed by atoms with van der Waals surface area (Å²) in [6.45, 7) is 6.60. The molecule has 0 spiro atoms. The van der Waals surface area contributed by atoms with Crippen LogP contribution >= 0.6 is 0 Å². The van der Waals surface area contributed by atoms with Crippen LogP contribution in [0.5, 0.6) is 0 Å². The van der Waals surface area contributed by atoms with Gasteiger partial charge in [-0.05, 0) is 31.4 Å². The second-order valence-electron chi connectivity index (χ2n) is 4.97. The van der Waals surface area contributed by atoms with E-state index in [1.165, 1.54) is 0 Å². The SMILES string of the molecule is CC(C)CC(C)N(C)c1ccnc(C(N)=NO)c1. The summed E-state index contributed by atoms with van der Waals surface area (Å²) in [6, 6.07) is 4.17. The number of hydrogen-bond donors (Lipinski definition) is 2. The van der Waals surface area contributed by atoms with Crippen molar-refractivity contribution in [3.63, 3.8) is 0 Å². The number of oxime groups is 1. The zero-order valence-corrected chi connectivity index (χ0v) is 11.5. The van der Waals surface area contributed by atoms with E-state index in [4.69, 9.17) is 10.9 Å². The molecule has 1 aromatic rings. The van der Waals surface area contributed by atoms with Gasteiger partial charge in [0.05, 0.1) is 0 Å². The smallest absolute Gasteiger partial charge is 0.188 e. The lowest BCUT2D eigenvalue weighted by Gasteiger charge is -2.28. The van der Waals surface area contributed by atoms with Crippen LogP contribution in [0.25, 0.3) is 0 Å². The minimum atomic E-state index is 0.0294. The first-order valence-corrected chi connectivity index (χ1v) is 6.12. The summed E-state index contributed by atoms with van der Waals surface area (Å²) in [5.41, 5.74) is 7.04. The van der Waals surface area contributed by atoms with Gasteiger partial charge < -0.3 is 15.8 Å². The first kappa shape index (κ1) is 14.3. The van der Waals surface area contributed by atoms with E-state index in [9.17, 15) is 0 Å². The third kappa shape index (κ3) is 3.61. The topological polar surface area (TPSA) is 74.7 Å². The minimum Gasteiger partial charge on any atom is -0.409 e.